The molecule has 3 aromatic rings. The van der Waals surface area contributed by atoms with Crippen LogP contribution in [0.25, 0.3) is 0 Å². The molecule has 0 fully saturated rings. The Hall–Kier alpha value is -4.65. The second-order valence-corrected chi connectivity index (χ2v) is 6.92. The summed E-state index contributed by atoms with van der Waals surface area (Å²) in [5.41, 5.74) is 3.10. The minimum atomic E-state index is -5.16. The number of hydrazine groups is 1. The molecule has 0 atom stereocenters. The summed E-state index contributed by atoms with van der Waals surface area (Å²) in [6.07, 6.45) is -2.80. The van der Waals surface area contributed by atoms with Crippen molar-refractivity contribution in [2.45, 2.75) is 6.36 Å². The third kappa shape index (κ3) is 5.47. The number of hydrogen-bond acceptors (Lipinski definition) is 8. The molecule has 2 N–H and O–H groups in total. The zero-order chi connectivity index (χ0) is 25.0. The number of hydrogen-bond donors (Lipinski definition) is 2. The standard InChI is InChI=1S/C22H17F3N6O4/c1-26-20(32)18-12-16(9-10-27-18)34-15-7-8-19-17(11-15)29-28-13-30(19)31(35-22(23,24)25)21(33)14-5-3-2-4-6-14/h2-13,29H,1H3,(H,26,32). The normalized spacial score (nSPS) is 12.4. The van der Waals surface area contributed by atoms with Crippen molar-refractivity contribution in [1.82, 2.24) is 15.5 Å². The van der Waals surface area contributed by atoms with Gasteiger partial charge in [-0.25, -0.2) is 5.01 Å². The Kier molecular flexibility index (Phi) is 6.51. The van der Waals surface area contributed by atoms with E-state index in [1.165, 1.54) is 67.8 Å². The number of nitrogens with one attached hydrogen (secondary N) is 2. The molecule has 2 heterocycles. The average molecular weight is 486 g/mol. The lowest BCUT2D eigenvalue weighted by Gasteiger charge is -2.34. The van der Waals surface area contributed by atoms with Crippen LogP contribution in [-0.4, -0.2) is 41.7 Å². The number of carbonyl (C=O) groups is 2. The Morgan fingerprint density at radius 2 is 1.80 bits per heavy atom. The maximum atomic E-state index is 13.2. The summed E-state index contributed by atoms with van der Waals surface area (Å²) in [6.45, 7) is 0. The van der Waals surface area contributed by atoms with Gasteiger partial charge in [-0.1, -0.05) is 18.2 Å². The van der Waals surface area contributed by atoms with Crippen LogP contribution >= 0.6 is 0 Å². The molecule has 1 aliphatic rings. The number of ether oxygens (including phenoxy) is 1. The van der Waals surface area contributed by atoms with Crippen LogP contribution in [0, 0.1) is 0 Å². The van der Waals surface area contributed by atoms with Gasteiger partial charge in [0.15, 0.2) is 0 Å². The van der Waals surface area contributed by atoms with Gasteiger partial charge in [0.1, 0.15) is 23.5 Å². The van der Waals surface area contributed by atoms with Crippen LogP contribution in [0.2, 0.25) is 0 Å². The Balaban J connectivity index is 1.63. The summed E-state index contributed by atoms with van der Waals surface area (Å²) in [4.78, 5) is 32.6. The predicted octanol–water partition coefficient (Wildman–Crippen LogP) is 3.92. The second kappa shape index (κ2) is 9.69. The third-order valence-electron chi connectivity index (χ3n) is 4.57. The molecular formula is C22H17F3N6O4. The van der Waals surface area contributed by atoms with Gasteiger partial charge in [-0.05, 0) is 30.3 Å². The van der Waals surface area contributed by atoms with E-state index in [0.717, 1.165) is 11.3 Å². The Morgan fingerprint density at radius 3 is 2.51 bits per heavy atom. The van der Waals surface area contributed by atoms with E-state index < -0.39 is 18.2 Å². The van der Waals surface area contributed by atoms with E-state index in [2.05, 4.69) is 25.7 Å². The lowest BCUT2D eigenvalue weighted by molar-refractivity contribution is -0.398. The number of carbonyl (C=O) groups excluding carboxylic acids is 2. The number of fused-ring (bicyclic) bond motifs is 1. The number of hydrazone groups is 1. The highest BCUT2D eigenvalue weighted by Gasteiger charge is 2.40. The molecule has 0 unspecified atom stereocenters. The van der Waals surface area contributed by atoms with Gasteiger partial charge in [0.25, 0.3) is 11.8 Å². The van der Waals surface area contributed by atoms with E-state index in [1.807, 2.05) is 0 Å². The fraction of sp³-hybridized carbons (Fsp3) is 0.0909. The van der Waals surface area contributed by atoms with Crippen LogP contribution in [0.4, 0.5) is 24.5 Å². The second-order valence-electron chi connectivity index (χ2n) is 6.92. The van der Waals surface area contributed by atoms with E-state index in [4.69, 9.17) is 4.74 Å². The SMILES string of the molecule is CNC(=O)c1cc(Oc2ccc3c(c2)NN=CN3N(OC(F)(F)F)C(=O)c2ccccc2)ccn1. The molecule has 180 valence electrons. The summed E-state index contributed by atoms with van der Waals surface area (Å²) in [6, 6.07) is 14.6. The topological polar surface area (TPSA) is 108 Å². The van der Waals surface area contributed by atoms with E-state index in [0.29, 0.717) is 5.75 Å². The van der Waals surface area contributed by atoms with Gasteiger partial charge in [-0.15, -0.1) is 23.2 Å². The summed E-state index contributed by atoms with van der Waals surface area (Å²) in [7, 11) is 1.47. The number of anilines is 2. The van der Waals surface area contributed by atoms with Crippen LogP contribution in [0.1, 0.15) is 20.8 Å². The van der Waals surface area contributed by atoms with Gasteiger partial charge >= 0.3 is 6.36 Å². The van der Waals surface area contributed by atoms with Crippen molar-refractivity contribution in [3.63, 3.8) is 0 Å². The van der Waals surface area contributed by atoms with Crippen LogP contribution < -0.4 is 20.5 Å². The number of hydroxylamine groups is 1. The number of halogens is 3. The zero-order valence-electron chi connectivity index (χ0n) is 18.0. The Bertz CT molecular complexity index is 1270. The largest absolute Gasteiger partial charge is 0.545 e. The van der Waals surface area contributed by atoms with Crippen LogP contribution in [0.15, 0.2) is 72.0 Å². The van der Waals surface area contributed by atoms with Gasteiger partial charge < -0.3 is 10.1 Å². The number of rotatable bonds is 6. The maximum absolute atomic E-state index is 13.2. The molecule has 0 radical (unpaired) electrons. The summed E-state index contributed by atoms with van der Waals surface area (Å²) >= 11 is 0. The average Bonchev–Trinajstić information content (AvgIpc) is 2.86. The Labute approximate surface area is 196 Å². The highest BCUT2D eigenvalue weighted by atomic mass is 19.4. The number of alkyl halides is 3. The van der Waals surface area contributed by atoms with E-state index >= 15 is 0 Å². The third-order valence-corrected chi connectivity index (χ3v) is 4.57. The molecule has 10 nitrogen and oxygen atoms in total. The van der Waals surface area contributed by atoms with Crippen molar-refractivity contribution in [2.75, 3.05) is 17.5 Å². The van der Waals surface area contributed by atoms with Crippen LogP contribution in [0.3, 0.4) is 0 Å². The molecule has 0 spiro atoms. The molecule has 0 saturated heterocycles. The fourth-order valence-corrected chi connectivity index (χ4v) is 3.06. The van der Waals surface area contributed by atoms with Gasteiger partial charge in [0.2, 0.25) is 0 Å². The first kappa shape index (κ1) is 23.5. The molecule has 0 aliphatic carbocycles. The van der Waals surface area contributed by atoms with Gasteiger partial charge in [-0.2, -0.15) is 5.10 Å². The summed E-state index contributed by atoms with van der Waals surface area (Å²) < 4.78 is 45.3. The number of pyridine rings is 1. The van der Waals surface area contributed by atoms with Gasteiger partial charge in [-0.3, -0.25) is 20.0 Å². The Morgan fingerprint density at radius 1 is 1.06 bits per heavy atom. The minimum Gasteiger partial charge on any atom is -0.457 e. The van der Waals surface area contributed by atoms with Crippen molar-refractivity contribution in [2.24, 2.45) is 5.10 Å². The molecule has 35 heavy (non-hydrogen) atoms. The molecule has 2 amide bonds. The van der Waals surface area contributed by atoms with Gasteiger partial charge in [0.05, 0.1) is 11.4 Å². The van der Waals surface area contributed by atoms with E-state index in [9.17, 15) is 22.8 Å². The van der Waals surface area contributed by atoms with E-state index in [1.54, 1.807) is 6.07 Å². The minimum absolute atomic E-state index is 0.0326. The predicted molar refractivity (Wildman–Crippen MR) is 118 cm³/mol. The highest BCUT2D eigenvalue weighted by Crippen LogP contribution is 2.36. The fourth-order valence-electron chi connectivity index (χ4n) is 3.06. The summed E-state index contributed by atoms with van der Waals surface area (Å²) in [5.74, 6) is -0.891. The highest BCUT2D eigenvalue weighted by molar-refractivity contribution is 5.99. The number of benzene rings is 2. The first-order valence-electron chi connectivity index (χ1n) is 9.99. The molecule has 13 heteroatoms. The molecule has 0 saturated carbocycles. The van der Waals surface area contributed by atoms with Gasteiger partial charge in [0, 0.05) is 30.9 Å². The lowest BCUT2D eigenvalue weighted by atomic mass is 10.2. The molecular weight excluding hydrogens is 469 g/mol. The number of amides is 2. The monoisotopic (exact) mass is 486 g/mol. The smallest absolute Gasteiger partial charge is 0.457 e. The molecule has 0 bridgehead atoms. The van der Waals surface area contributed by atoms with Crippen LogP contribution in [-0.2, 0) is 4.84 Å². The number of nitrogens with zero attached hydrogens (tertiary/aromatic N) is 4. The first-order valence-corrected chi connectivity index (χ1v) is 9.99. The van der Waals surface area contributed by atoms with Crippen molar-refractivity contribution in [3.05, 3.63) is 78.1 Å². The first-order chi connectivity index (χ1) is 16.7. The lowest BCUT2D eigenvalue weighted by Crippen LogP contribution is -2.50. The van der Waals surface area contributed by atoms with Crippen LogP contribution in [0.5, 0.6) is 11.5 Å². The van der Waals surface area contributed by atoms with Crippen molar-refractivity contribution >= 4 is 29.5 Å². The molecule has 1 aromatic heterocycles. The van der Waals surface area contributed by atoms with Crippen molar-refractivity contribution < 1.29 is 32.3 Å². The summed E-state index contributed by atoms with van der Waals surface area (Å²) in [5, 5.41) is 7.15. The molecule has 1 aliphatic heterocycles. The number of aromatic nitrogens is 1. The molecule has 2 aromatic carbocycles. The quantitative estimate of drug-likeness (QED) is 0.509. The molecule has 4 rings (SSSR count). The maximum Gasteiger partial charge on any atom is 0.545 e. The van der Waals surface area contributed by atoms with E-state index in [-0.39, 0.29) is 33.6 Å². The van der Waals surface area contributed by atoms with Crippen molar-refractivity contribution in [3.8, 4) is 11.5 Å². The zero-order valence-corrected chi connectivity index (χ0v) is 18.0. The van der Waals surface area contributed by atoms with Crippen molar-refractivity contribution in [1.29, 1.82) is 0 Å².